The van der Waals surface area contributed by atoms with E-state index in [1.807, 2.05) is 12.3 Å². The third-order valence-corrected chi connectivity index (χ3v) is 2.32. The minimum absolute atomic E-state index is 0.824. The molecule has 0 saturated heterocycles. The number of rotatable bonds is 2. The van der Waals surface area contributed by atoms with E-state index in [1.54, 1.807) is 22.3 Å². The fraction of sp³-hybridized carbons (Fsp3) is 0.250. The normalized spacial score (nSPS) is 10.4. The summed E-state index contributed by atoms with van der Waals surface area (Å²) in [6, 6.07) is 2.05. The van der Waals surface area contributed by atoms with Crippen LogP contribution < -0.4 is 0 Å². The largest absolute Gasteiger partial charge is 0.185 e. The number of aromatic nitrogens is 3. The molecule has 2 aromatic rings. The molecule has 0 unspecified atom stereocenters. The van der Waals surface area contributed by atoms with Crippen molar-refractivity contribution in [3.8, 4) is 11.3 Å². The Balaban J connectivity index is 2.35. The Bertz CT molecular complexity index is 350. The average Bonchev–Trinajstić information content (AvgIpc) is 2.75. The van der Waals surface area contributed by atoms with Gasteiger partial charge in [-0.25, -0.2) is 0 Å². The maximum Gasteiger partial charge on any atom is 0.113 e. The summed E-state index contributed by atoms with van der Waals surface area (Å²) >= 11 is 1.67. The van der Waals surface area contributed by atoms with Crippen molar-refractivity contribution in [2.24, 2.45) is 0 Å². The van der Waals surface area contributed by atoms with Crippen LogP contribution in [0.15, 0.2) is 23.0 Å². The molecule has 0 atom stereocenters. The molecule has 0 aromatic carbocycles. The molecule has 0 N–H and O–H groups in total. The first-order valence-electron chi connectivity index (χ1n) is 3.83. The highest BCUT2D eigenvalue weighted by Gasteiger charge is 2.01. The van der Waals surface area contributed by atoms with Crippen molar-refractivity contribution < 1.29 is 0 Å². The molecule has 0 amide bonds. The zero-order valence-corrected chi connectivity index (χ0v) is 7.58. The second kappa shape index (κ2) is 3.06. The summed E-state index contributed by atoms with van der Waals surface area (Å²) in [5, 5.41) is 12.5. The van der Waals surface area contributed by atoms with Crippen molar-refractivity contribution in [3.63, 3.8) is 0 Å². The zero-order valence-electron chi connectivity index (χ0n) is 6.77. The highest BCUT2D eigenvalue weighted by atomic mass is 32.1. The fourth-order valence-corrected chi connectivity index (χ4v) is 1.64. The first-order chi connectivity index (χ1) is 5.90. The van der Waals surface area contributed by atoms with Crippen LogP contribution in [0, 0.1) is 0 Å². The molecular weight excluding hydrogens is 170 g/mol. The van der Waals surface area contributed by atoms with Gasteiger partial charge in [0.2, 0.25) is 0 Å². The van der Waals surface area contributed by atoms with Gasteiger partial charge in [0, 0.05) is 10.9 Å². The van der Waals surface area contributed by atoms with Crippen molar-refractivity contribution in [2.45, 2.75) is 13.5 Å². The van der Waals surface area contributed by atoms with Crippen molar-refractivity contribution in [3.05, 3.63) is 23.0 Å². The minimum atomic E-state index is 0.824. The molecule has 0 aliphatic heterocycles. The van der Waals surface area contributed by atoms with Crippen LogP contribution in [0.3, 0.4) is 0 Å². The van der Waals surface area contributed by atoms with Crippen molar-refractivity contribution >= 4 is 11.3 Å². The summed E-state index contributed by atoms with van der Waals surface area (Å²) in [5.41, 5.74) is 2.11. The van der Waals surface area contributed by atoms with E-state index in [0.717, 1.165) is 17.8 Å². The number of aryl methyl sites for hydroxylation is 1. The van der Waals surface area contributed by atoms with E-state index in [9.17, 15) is 0 Å². The summed E-state index contributed by atoms with van der Waals surface area (Å²) in [6.45, 7) is 2.85. The van der Waals surface area contributed by atoms with Crippen molar-refractivity contribution in [1.29, 1.82) is 0 Å². The molecule has 62 valence electrons. The lowest BCUT2D eigenvalue weighted by Crippen LogP contribution is -1.97. The predicted octanol–water partition coefficient (Wildman–Crippen LogP) is 2.03. The number of hydrogen-bond acceptors (Lipinski definition) is 3. The molecule has 0 saturated carbocycles. The Morgan fingerprint density at radius 2 is 2.50 bits per heavy atom. The van der Waals surface area contributed by atoms with Crippen LogP contribution in [0.4, 0.5) is 0 Å². The van der Waals surface area contributed by atoms with Gasteiger partial charge in [-0.2, -0.15) is 26.3 Å². The van der Waals surface area contributed by atoms with Gasteiger partial charge in [0.25, 0.3) is 0 Å². The van der Waals surface area contributed by atoms with E-state index < -0.39 is 0 Å². The molecule has 0 aliphatic rings. The van der Waals surface area contributed by atoms with Gasteiger partial charge in [-0.15, -0.1) is 0 Å². The van der Waals surface area contributed by atoms with E-state index in [0.29, 0.717) is 0 Å². The highest BCUT2D eigenvalue weighted by molar-refractivity contribution is 7.08. The molecular formula is C8H9N3S. The second-order valence-corrected chi connectivity index (χ2v) is 3.21. The fourth-order valence-electron chi connectivity index (χ4n) is 0.992. The zero-order chi connectivity index (χ0) is 8.39. The molecule has 0 fully saturated rings. The quantitative estimate of drug-likeness (QED) is 0.706. The van der Waals surface area contributed by atoms with E-state index in [2.05, 4.69) is 21.6 Å². The summed E-state index contributed by atoms with van der Waals surface area (Å²) < 4.78 is 0. The molecule has 12 heavy (non-hydrogen) atoms. The Morgan fingerprint density at radius 3 is 3.08 bits per heavy atom. The Hall–Kier alpha value is -1.16. The summed E-state index contributed by atoms with van der Waals surface area (Å²) in [5.74, 6) is 0. The molecule has 4 heteroatoms. The highest BCUT2D eigenvalue weighted by Crippen LogP contribution is 2.18. The smallest absolute Gasteiger partial charge is 0.113 e. The van der Waals surface area contributed by atoms with Crippen LogP contribution in [0.5, 0.6) is 0 Å². The second-order valence-electron chi connectivity index (χ2n) is 2.43. The maximum absolute atomic E-state index is 4.28. The Labute approximate surface area is 74.7 Å². The van der Waals surface area contributed by atoms with Gasteiger partial charge in [-0.1, -0.05) is 0 Å². The van der Waals surface area contributed by atoms with E-state index >= 15 is 0 Å². The van der Waals surface area contributed by atoms with Gasteiger partial charge in [-0.3, -0.25) is 0 Å². The first-order valence-corrected chi connectivity index (χ1v) is 4.77. The van der Waals surface area contributed by atoms with Crippen LogP contribution in [0.2, 0.25) is 0 Å². The van der Waals surface area contributed by atoms with Crippen LogP contribution in [0.25, 0.3) is 11.3 Å². The molecule has 0 aliphatic carbocycles. The van der Waals surface area contributed by atoms with Gasteiger partial charge in [-0.05, 0) is 18.4 Å². The molecule has 2 aromatic heterocycles. The Morgan fingerprint density at radius 1 is 1.58 bits per heavy atom. The predicted molar refractivity (Wildman–Crippen MR) is 49.0 cm³/mol. The lowest BCUT2D eigenvalue weighted by atomic mass is 10.3. The van der Waals surface area contributed by atoms with Crippen molar-refractivity contribution in [1.82, 2.24) is 15.0 Å². The van der Waals surface area contributed by atoms with E-state index in [1.165, 1.54) is 0 Å². The molecule has 2 rings (SSSR count). The van der Waals surface area contributed by atoms with Gasteiger partial charge in [0.05, 0.1) is 12.7 Å². The van der Waals surface area contributed by atoms with Crippen molar-refractivity contribution in [2.75, 3.05) is 0 Å². The molecule has 3 nitrogen and oxygen atoms in total. The minimum Gasteiger partial charge on any atom is -0.185 e. The van der Waals surface area contributed by atoms with Gasteiger partial charge in [0.1, 0.15) is 5.69 Å². The number of thiophene rings is 1. The summed E-state index contributed by atoms with van der Waals surface area (Å²) in [7, 11) is 0. The van der Waals surface area contributed by atoms with Crippen LogP contribution in [-0.2, 0) is 6.54 Å². The monoisotopic (exact) mass is 179 g/mol. The lowest BCUT2D eigenvalue weighted by Gasteiger charge is -1.89. The molecule has 0 spiro atoms. The van der Waals surface area contributed by atoms with Gasteiger partial charge >= 0.3 is 0 Å². The first kappa shape index (κ1) is 7.49. The summed E-state index contributed by atoms with van der Waals surface area (Å²) in [4.78, 5) is 1.69. The molecule has 2 heterocycles. The standard InChI is InChI=1S/C8H9N3S/c1-2-11-9-5-8(10-11)7-3-4-12-6-7/h3-6H,2H2,1H3. The van der Waals surface area contributed by atoms with Crippen LogP contribution in [0.1, 0.15) is 6.92 Å². The van der Waals surface area contributed by atoms with Gasteiger partial charge in [0.15, 0.2) is 0 Å². The average molecular weight is 179 g/mol. The number of hydrogen-bond donors (Lipinski definition) is 0. The third kappa shape index (κ3) is 1.25. The Kier molecular flexibility index (Phi) is 1.91. The third-order valence-electron chi connectivity index (χ3n) is 1.64. The van der Waals surface area contributed by atoms with Crippen LogP contribution in [-0.4, -0.2) is 15.0 Å². The SMILES string of the molecule is CCn1ncc(-c2ccsc2)n1. The van der Waals surface area contributed by atoms with E-state index in [-0.39, 0.29) is 0 Å². The van der Waals surface area contributed by atoms with E-state index in [4.69, 9.17) is 0 Å². The maximum atomic E-state index is 4.28. The summed E-state index contributed by atoms with van der Waals surface area (Å²) in [6.07, 6.45) is 1.80. The number of nitrogens with zero attached hydrogens (tertiary/aromatic N) is 3. The van der Waals surface area contributed by atoms with Gasteiger partial charge < -0.3 is 0 Å². The lowest BCUT2D eigenvalue weighted by molar-refractivity contribution is 0.571. The molecule has 0 bridgehead atoms. The molecule has 0 radical (unpaired) electrons. The topological polar surface area (TPSA) is 30.7 Å². The van der Waals surface area contributed by atoms with Crippen LogP contribution >= 0.6 is 11.3 Å².